The zero-order valence-corrected chi connectivity index (χ0v) is 18.0. The number of aromatic amines is 1. The predicted molar refractivity (Wildman–Crippen MR) is 111 cm³/mol. The number of H-pyrrole nitrogens is 1. The van der Waals surface area contributed by atoms with Crippen LogP contribution in [0.4, 0.5) is 10.6 Å². The predicted octanol–water partition coefficient (Wildman–Crippen LogP) is 3.96. The van der Waals surface area contributed by atoms with E-state index in [1.807, 2.05) is 27.0 Å². The van der Waals surface area contributed by atoms with E-state index >= 15 is 0 Å². The van der Waals surface area contributed by atoms with Crippen LogP contribution in [0.1, 0.15) is 33.6 Å². The van der Waals surface area contributed by atoms with Crippen LogP contribution in [0.3, 0.4) is 0 Å². The van der Waals surface area contributed by atoms with Gasteiger partial charge in [-0.2, -0.15) is 9.97 Å². The molecule has 26 heavy (non-hydrogen) atoms. The Kier molecular flexibility index (Phi) is 5.81. The number of carbonyl (C=O) groups excluding carboxylic acids is 1. The number of alkyl carbamates (subject to hydrolysis) is 1. The van der Waals surface area contributed by atoms with Crippen LogP contribution in [0, 0.1) is 9.49 Å². The number of nitrogens with zero attached hydrogens (tertiary/aromatic N) is 3. The lowest BCUT2D eigenvalue weighted by atomic mass is 9.97. The lowest BCUT2D eigenvalue weighted by Crippen LogP contribution is -2.40. The molecule has 1 aliphatic rings. The van der Waals surface area contributed by atoms with Gasteiger partial charge in [0.25, 0.3) is 0 Å². The molecule has 7 nitrogen and oxygen atoms in total. The third kappa shape index (κ3) is 4.70. The number of rotatable bonds is 3. The molecule has 0 atom stereocenters. The molecule has 2 aromatic rings. The molecule has 2 aromatic heterocycles. The molecular weight excluding hydrogens is 469 g/mol. The first-order valence-electron chi connectivity index (χ1n) is 8.65. The van der Waals surface area contributed by atoms with E-state index in [0.29, 0.717) is 12.5 Å². The van der Waals surface area contributed by atoms with Gasteiger partial charge in [-0.1, -0.05) is 0 Å². The third-order valence-electron chi connectivity index (χ3n) is 4.29. The number of amides is 1. The first-order chi connectivity index (χ1) is 12.2. The summed E-state index contributed by atoms with van der Waals surface area (Å²) in [4.78, 5) is 25.9. The van der Waals surface area contributed by atoms with Crippen LogP contribution in [0.25, 0.3) is 11.0 Å². The Bertz CT molecular complexity index is 796. The van der Waals surface area contributed by atoms with Crippen molar-refractivity contribution in [3.63, 3.8) is 0 Å². The summed E-state index contributed by atoms with van der Waals surface area (Å²) in [5, 5.41) is 4.14. The van der Waals surface area contributed by atoms with E-state index in [2.05, 4.69) is 47.8 Å². The van der Waals surface area contributed by atoms with Gasteiger partial charge in [-0.15, -0.1) is 0 Å². The molecule has 1 saturated heterocycles. The minimum Gasteiger partial charge on any atom is -0.444 e. The Morgan fingerprint density at radius 3 is 2.77 bits per heavy atom. The number of piperidine rings is 1. The highest BCUT2D eigenvalue weighted by atomic mass is 127. The summed E-state index contributed by atoms with van der Waals surface area (Å²) in [7, 11) is 0. The molecular formula is C17H23ClIN5O2. The molecule has 0 radical (unpaired) electrons. The minimum atomic E-state index is -0.473. The van der Waals surface area contributed by atoms with Crippen LogP contribution < -0.4 is 10.2 Å². The lowest BCUT2D eigenvalue weighted by molar-refractivity contribution is 0.0517. The van der Waals surface area contributed by atoms with E-state index in [1.165, 1.54) is 0 Å². The molecule has 9 heteroatoms. The second kappa shape index (κ2) is 7.75. The summed E-state index contributed by atoms with van der Waals surface area (Å²) in [5.74, 6) is 1.31. The molecule has 0 unspecified atom stereocenters. The number of carbonyl (C=O) groups is 1. The molecule has 142 valence electrons. The number of ether oxygens (including phenoxy) is 1. The lowest BCUT2D eigenvalue weighted by Gasteiger charge is -2.33. The molecule has 0 aromatic carbocycles. The van der Waals surface area contributed by atoms with Crippen molar-refractivity contribution < 1.29 is 9.53 Å². The van der Waals surface area contributed by atoms with Gasteiger partial charge >= 0.3 is 6.09 Å². The molecule has 2 N–H and O–H groups in total. The maximum absolute atomic E-state index is 11.8. The topological polar surface area (TPSA) is 83.1 Å². The zero-order valence-electron chi connectivity index (χ0n) is 15.1. The maximum Gasteiger partial charge on any atom is 0.407 e. The average molecular weight is 492 g/mol. The molecule has 0 spiro atoms. The number of anilines is 1. The van der Waals surface area contributed by atoms with E-state index in [0.717, 1.165) is 46.4 Å². The van der Waals surface area contributed by atoms with Crippen molar-refractivity contribution in [2.75, 3.05) is 24.5 Å². The Balaban J connectivity index is 1.59. The van der Waals surface area contributed by atoms with E-state index in [-0.39, 0.29) is 11.4 Å². The van der Waals surface area contributed by atoms with Gasteiger partial charge < -0.3 is 19.9 Å². The second-order valence-corrected chi connectivity index (χ2v) is 8.99. The Hall–Kier alpha value is -1.29. The summed E-state index contributed by atoms with van der Waals surface area (Å²) in [6.45, 7) is 7.95. The molecule has 0 saturated carbocycles. The number of aromatic nitrogens is 3. The SMILES string of the molecule is CC(C)(C)OC(=O)NCC1CCN(c2nc(Cl)nc3[nH]cc(I)c23)CC1. The van der Waals surface area contributed by atoms with Crippen LogP contribution in [-0.2, 0) is 4.74 Å². The molecule has 1 amide bonds. The summed E-state index contributed by atoms with van der Waals surface area (Å²) >= 11 is 8.37. The van der Waals surface area contributed by atoms with Crippen LogP contribution in [0.2, 0.25) is 5.28 Å². The highest BCUT2D eigenvalue weighted by Crippen LogP contribution is 2.31. The van der Waals surface area contributed by atoms with Gasteiger partial charge in [0.05, 0.1) is 5.39 Å². The van der Waals surface area contributed by atoms with Crippen molar-refractivity contribution in [1.82, 2.24) is 20.3 Å². The fourth-order valence-electron chi connectivity index (χ4n) is 3.07. The third-order valence-corrected chi connectivity index (χ3v) is 5.30. The van der Waals surface area contributed by atoms with Crippen molar-refractivity contribution in [3.8, 4) is 0 Å². The number of halogens is 2. The van der Waals surface area contributed by atoms with Crippen molar-refractivity contribution in [2.24, 2.45) is 5.92 Å². The van der Waals surface area contributed by atoms with Gasteiger partial charge in [0.1, 0.15) is 17.1 Å². The largest absolute Gasteiger partial charge is 0.444 e. The summed E-state index contributed by atoms with van der Waals surface area (Å²) < 4.78 is 6.37. The normalized spacial score (nSPS) is 16.1. The first-order valence-corrected chi connectivity index (χ1v) is 10.1. The number of hydrogen-bond donors (Lipinski definition) is 2. The minimum absolute atomic E-state index is 0.250. The van der Waals surface area contributed by atoms with Crippen molar-refractivity contribution in [2.45, 2.75) is 39.2 Å². The Morgan fingerprint density at radius 1 is 1.42 bits per heavy atom. The first kappa shape index (κ1) is 19.5. The average Bonchev–Trinajstić information content (AvgIpc) is 2.92. The molecule has 3 heterocycles. The van der Waals surface area contributed by atoms with Gasteiger partial charge in [-0.25, -0.2) is 4.79 Å². The van der Waals surface area contributed by atoms with Crippen LogP contribution in [0.15, 0.2) is 6.20 Å². The van der Waals surface area contributed by atoms with Gasteiger partial charge in [0.2, 0.25) is 5.28 Å². The standard InChI is InChI=1S/C17H23ClIN5O2/c1-17(2,3)26-16(25)21-8-10-4-6-24(7-5-10)14-12-11(19)9-20-13(12)22-15(18)23-14/h9-10H,4-8H2,1-3H3,(H,21,25)(H,20,22,23). The Labute approximate surface area is 171 Å². The number of fused-ring (bicyclic) bond motifs is 1. The highest BCUT2D eigenvalue weighted by Gasteiger charge is 2.25. The van der Waals surface area contributed by atoms with Crippen LogP contribution in [-0.4, -0.2) is 46.3 Å². The van der Waals surface area contributed by atoms with E-state index < -0.39 is 5.60 Å². The Morgan fingerprint density at radius 2 is 2.12 bits per heavy atom. The quantitative estimate of drug-likeness (QED) is 0.502. The van der Waals surface area contributed by atoms with Gasteiger partial charge in [0.15, 0.2) is 0 Å². The number of nitrogens with one attached hydrogen (secondary N) is 2. The van der Waals surface area contributed by atoms with E-state index in [9.17, 15) is 4.79 Å². The van der Waals surface area contributed by atoms with Crippen LogP contribution >= 0.6 is 34.2 Å². The molecule has 1 aliphatic heterocycles. The summed E-state index contributed by atoms with van der Waals surface area (Å²) in [5.41, 5.74) is 0.289. The zero-order chi connectivity index (χ0) is 18.9. The molecule has 0 bridgehead atoms. The smallest absolute Gasteiger partial charge is 0.407 e. The van der Waals surface area contributed by atoms with Crippen LogP contribution in [0.5, 0.6) is 0 Å². The maximum atomic E-state index is 11.8. The van der Waals surface area contributed by atoms with Gasteiger partial charge in [-0.3, -0.25) is 0 Å². The molecule has 3 rings (SSSR count). The second-order valence-electron chi connectivity index (χ2n) is 7.49. The van der Waals surface area contributed by atoms with Gasteiger partial charge in [0, 0.05) is 29.4 Å². The van der Waals surface area contributed by atoms with E-state index in [1.54, 1.807) is 0 Å². The highest BCUT2D eigenvalue weighted by molar-refractivity contribution is 14.1. The fraction of sp³-hybridized carbons (Fsp3) is 0.588. The van der Waals surface area contributed by atoms with Crippen molar-refractivity contribution >= 4 is 57.1 Å². The monoisotopic (exact) mass is 491 g/mol. The van der Waals surface area contributed by atoms with E-state index in [4.69, 9.17) is 16.3 Å². The fourth-order valence-corrected chi connectivity index (χ4v) is 3.89. The summed E-state index contributed by atoms with van der Waals surface area (Å²) in [6, 6.07) is 0. The molecule has 1 fully saturated rings. The molecule has 0 aliphatic carbocycles. The summed E-state index contributed by atoms with van der Waals surface area (Å²) in [6.07, 6.45) is 3.50. The number of hydrogen-bond acceptors (Lipinski definition) is 5. The van der Waals surface area contributed by atoms with Crippen molar-refractivity contribution in [3.05, 3.63) is 15.1 Å². The van der Waals surface area contributed by atoms with Gasteiger partial charge in [-0.05, 0) is 73.7 Å². The van der Waals surface area contributed by atoms with Crippen molar-refractivity contribution in [1.29, 1.82) is 0 Å².